The molecule has 114 valence electrons. The van der Waals surface area contributed by atoms with Gasteiger partial charge in [-0.15, -0.1) is 0 Å². The van der Waals surface area contributed by atoms with Crippen LogP contribution >= 0.6 is 0 Å². The number of benzene rings is 1. The molecule has 6 nitrogen and oxygen atoms in total. The first-order chi connectivity index (χ1) is 9.81. The third kappa shape index (κ3) is 2.90. The Morgan fingerprint density at radius 3 is 2.48 bits per heavy atom. The Balaban J connectivity index is 2.28. The molecule has 0 spiro atoms. The normalized spacial score (nSPS) is 15.6. The molecular formula is C15H20N2O4. The number of nitro benzene ring substituents is 1. The van der Waals surface area contributed by atoms with E-state index in [0.29, 0.717) is 23.2 Å². The highest BCUT2D eigenvalue weighted by Gasteiger charge is 2.42. The van der Waals surface area contributed by atoms with Crippen LogP contribution in [0.3, 0.4) is 0 Å². The number of hydrogen-bond donors (Lipinski definition) is 2. The lowest BCUT2D eigenvalue weighted by molar-refractivity contribution is -0.386. The second kappa shape index (κ2) is 5.44. The first kappa shape index (κ1) is 15.4. The summed E-state index contributed by atoms with van der Waals surface area (Å²) in [5.41, 5.74) is 1.84. The molecule has 0 radical (unpaired) electrons. The topological polar surface area (TPSA) is 92.5 Å². The maximum absolute atomic E-state index is 12.3. The first-order valence-electron chi connectivity index (χ1n) is 6.95. The molecule has 0 saturated heterocycles. The average molecular weight is 292 g/mol. The van der Waals surface area contributed by atoms with Gasteiger partial charge in [-0.3, -0.25) is 14.9 Å². The van der Waals surface area contributed by atoms with E-state index in [4.69, 9.17) is 0 Å². The largest absolute Gasteiger partial charge is 0.396 e. The van der Waals surface area contributed by atoms with Crippen molar-refractivity contribution in [2.45, 2.75) is 33.6 Å². The van der Waals surface area contributed by atoms with Gasteiger partial charge in [0.15, 0.2) is 0 Å². The minimum atomic E-state index is -0.447. The van der Waals surface area contributed by atoms with Crippen molar-refractivity contribution in [2.24, 2.45) is 5.41 Å². The first-order valence-corrected chi connectivity index (χ1v) is 6.95. The zero-order chi connectivity index (χ0) is 15.8. The average Bonchev–Trinajstić information content (AvgIpc) is 3.15. The highest BCUT2D eigenvalue weighted by Crippen LogP contribution is 2.44. The fourth-order valence-corrected chi connectivity index (χ4v) is 2.73. The van der Waals surface area contributed by atoms with Gasteiger partial charge in [0.1, 0.15) is 0 Å². The fourth-order valence-electron chi connectivity index (χ4n) is 2.73. The molecule has 21 heavy (non-hydrogen) atoms. The standard InChI is InChI=1S/C15H20N2O4/c1-9-6-10(2)13(17(20)21)11(3)12(9)14(19)16-7-15(8-18)4-5-15/h6,18H,4-5,7-8H2,1-3H3,(H,16,19). The fraction of sp³-hybridized carbons (Fsp3) is 0.533. The van der Waals surface area contributed by atoms with Crippen LogP contribution in [0, 0.1) is 36.3 Å². The van der Waals surface area contributed by atoms with Crippen LogP contribution in [-0.4, -0.2) is 29.1 Å². The van der Waals surface area contributed by atoms with E-state index in [1.807, 2.05) is 0 Å². The zero-order valence-electron chi connectivity index (χ0n) is 12.5. The van der Waals surface area contributed by atoms with E-state index in [0.717, 1.165) is 18.4 Å². The Labute approximate surface area is 123 Å². The Morgan fingerprint density at radius 2 is 2.00 bits per heavy atom. The number of hydrogen-bond acceptors (Lipinski definition) is 4. The molecule has 0 heterocycles. The number of nitro groups is 1. The van der Waals surface area contributed by atoms with Crippen molar-refractivity contribution in [1.82, 2.24) is 5.32 Å². The Bertz CT molecular complexity index is 606. The molecule has 0 bridgehead atoms. The second-order valence-corrected chi connectivity index (χ2v) is 5.96. The van der Waals surface area contributed by atoms with E-state index < -0.39 is 4.92 Å². The molecule has 1 aliphatic carbocycles. The summed E-state index contributed by atoms with van der Waals surface area (Å²) < 4.78 is 0. The molecule has 0 aliphatic heterocycles. The van der Waals surface area contributed by atoms with Gasteiger partial charge < -0.3 is 10.4 Å². The number of aliphatic hydroxyl groups is 1. The lowest BCUT2D eigenvalue weighted by atomic mass is 9.96. The SMILES string of the molecule is Cc1cc(C)c([N+](=O)[O-])c(C)c1C(=O)NCC1(CO)CC1. The summed E-state index contributed by atoms with van der Waals surface area (Å²) >= 11 is 0. The van der Waals surface area contributed by atoms with Gasteiger partial charge in [0.05, 0.1) is 17.1 Å². The quantitative estimate of drug-likeness (QED) is 0.641. The van der Waals surface area contributed by atoms with Gasteiger partial charge in [-0.2, -0.15) is 0 Å². The summed E-state index contributed by atoms with van der Waals surface area (Å²) in [5.74, 6) is -0.312. The van der Waals surface area contributed by atoms with Gasteiger partial charge >= 0.3 is 0 Å². The summed E-state index contributed by atoms with van der Waals surface area (Å²) in [6.45, 7) is 5.51. The molecule has 1 aliphatic rings. The molecule has 0 aromatic heterocycles. The third-order valence-corrected chi connectivity index (χ3v) is 4.26. The number of aliphatic hydroxyl groups excluding tert-OH is 1. The molecule has 0 unspecified atom stereocenters. The van der Waals surface area contributed by atoms with Gasteiger partial charge in [0.25, 0.3) is 11.6 Å². The smallest absolute Gasteiger partial charge is 0.275 e. The summed E-state index contributed by atoms with van der Waals surface area (Å²) in [7, 11) is 0. The Kier molecular flexibility index (Phi) is 4.00. The van der Waals surface area contributed by atoms with Crippen molar-refractivity contribution in [3.8, 4) is 0 Å². The lowest BCUT2D eigenvalue weighted by Gasteiger charge is -2.15. The summed E-state index contributed by atoms with van der Waals surface area (Å²) in [6.07, 6.45) is 1.80. The lowest BCUT2D eigenvalue weighted by Crippen LogP contribution is -2.32. The van der Waals surface area contributed by atoms with E-state index in [2.05, 4.69) is 5.32 Å². The minimum Gasteiger partial charge on any atom is -0.396 e. The van der Waals surface area contributed by atoms with E-state index >= 15 is 0 Å². The summed E-state index contributed by atoms with van der Waals surface area (Å²) in [6, 6.07) is 1.67. The van der Waals surface area contributed by atoms with Crippen molar-refractivity contribution in [1.29, 1.82) is 0 Å². The van der Waals surface area contributed by atoms with Crippen LogP contribution in [0.25, 0.3) is 0 Å². The molecule has 2 N–H and O–H groups in total. The van der Waals surface area contributed by atoms with Crippen molar-refractivity contribution in [3.63, 3.8) is 0 Å². The van der Waals surface area contributed by atoms with E-state index in [9.17, 15) is 20.0 Å². The second-order valence-electron chi connectivity index (χ2n) is 5.96. The van der Waals surface area contributed by atoms with Gasteiger partial charge in [0, 0.05) is 23.1 Å². The van der Waals surface area contributed by atoms with Gasteiger partial charge in [0.2, 0.25) is 0 Å². The van der Waals surface area contributed by atoms with Gasteiger partial charge in [-0.1, -0.05) is 0 Å². The molecule has 2 rings (SSSR count). The van der Waals surface area contributed by atoms with Crippen molar-refractivity contribution in [3.05, 3.63) is 38.4 Å². The maximum atomic E-state index is 12.3. The molecule has 1 amide bonds. The molecular weight excluding hydrogens is 272 g/mol. The summed E-state index contributed by atoms with van der Waals surface area (Å²) in [5, 5.41) is 23.2. The van der Waals surface area contributed by atoms with Crippen LogP contribution < -0.4 is 5.32 Å². The van der Waals surface area contributed by atoms with E-state index in [1.165, 1.54) is 0 Å². The minimum absolute atomic E-state index is 0.00552. The molecule has 0 atom stereocenters. The third-order valence-electron chi connectivity index (χ3n) is 4.26. The Morgan fingerprint density at radius 1 is 1.38 bits per heavy atom. The predicted octanol–water partition coefficient (Wildman–Crippen LogP) is 2.02. The maximum Gasteiger partial charge on any atom is 0.275 e. The van der Waals surface area contributed by atoms with Crippen LogP contribution in [0.15, 0.2) is 6.07 Å². The van der Waals surface area contributed by atoms with Crippen molar-refractivity contribution >= 4 is 11.6 Å². The van der Waals surface area contributed by atoms with Crippen LogP contribution in [0.1, 0.15) is 39.9 Å². The molecule has 6 heteroatoms. The number of nitrogens with zero attached hydrogens (tertiary/aromatic N) is 1. The van der Waals surface area contributed by atoms with Gasteiger partial charge in [-0.05, 0) is 45.2 Å². The Hall–Kier alpha value is -1.95. The van der Waals surface area contributed by atoms with Crippen LogP contribution in [0.4, 0.5) is 5.69 Å². The van der Waals surface area contributed by atoms with E-state index in [-0.39, 0.29) is 23.6 Å². The number of carbonyl (C=O) groups excluding carboxylic acids is 1. The number of aryl methyl sites for hydroxylation is 2. The highest BCUT2D eigenvalue weighted by atomic mass is 16.6. The van der Waals surface area contributed by atoms with Crippen LogP contribution in [-0.2, 0) is 0 Å². The highest BCUT2D eigenvalue weighted by molar-refractivity contribution is 5.98. The number of nitrogens with one attached hydrogen (secondary N) is 1. The number of amides is 1. The number of rotatable bonds is 5. The zero-order valence-corrected chi connectivity index (χ0v) is 12.5. The molecule has 1 aromatic carbocycles. The summed E-state index contributed by atoms with van der Waals surface area (Å²) in [4.78, 5) is 23.0. The van der Waals surface area contributed by atoms with Crippen LogP contribution in [0.2, 0.25) is 0 Å². The predicted molar refractivity (Wildman–Crippen MR) is 78.4 cm³/mol. The molecule has 1 aromatic rings. The number of carbonyl (C=O) groups is 1. The molecule has 1 fully saturated rings. The molecule has 1 saturated carbocycles. The van der Waals surface area contributed by atoms with Crippen molar-refractivity contribution in [2.75, 3.05) is 13.2 Å². The van der Waals surface area contributed by atoms with E-state index in [1.54, 1.807) is 26.8 Å². The monoisotopic (exact) mass is 292 g/mol. The van der Waals surface area contributed by atoms with Crippen LogP contribution in [0.5, 0.6) is 0 Å². The van der Waals surface area contributed by atoms with Gasteiger partial charge in [-0.25, -0.2) is 0 Å². The van der Waals surface area contributed by atoms with Crippen molar-refractivity contribution < 1.29 is 14.8 Å².